The molecule has 18 nitrogen and oxygen atoms in total. The van der Waals surface area contributed by atoms with Gasteiger partial charge in [-0.1, -0.05) is 30.3 Å². The summed E-state index contributed by atoms with van der Waals surface area (Å²) in [5.41, 5.74) is 5.90. The van der Waals surface area contributed by atoms with E-state index in [1.54, 1.807) is 24.5 Å². The van der Waals surface area contributed by atoms with Crippen LogP contribution in [0.25, 0.3) is 11.2 Å². The molecule has 1 atom stereocenters. The molecular weight excluding hydrogens is 877 g/mol. The number of anilines is 4. The van der Waals surface area contributed by atoms with Crippen LogP contribution in [0.3, 0.4) is 0 Å². The van der Waals surface area contributed by atoms with Crippen LogP contribution in [0.1, 0.15) is 77.3 Å². The standard InChI is InChI=1S/C51H56N12O6/c64-43-13-12-42(48(66)57-43)63-50(68)40-11-10-38(27-41(40)51(63)69)61-28-34(29-61)49(67)60-22-20-58(21-23-60)17-14-32-15-18-59(19-16-32)37-8-6-35(7-9-37)56-46-45-47(53-30-52-46)62(31-54-45)39-25-36(26-39)55-44(65)24-33-4-2-1-3-5-33/h1-11,27,30-32,34,36,39,42H,12-26,28-29H2,(H,55,65)(H,52,53,56)(H,57,64,66)/t36?,39?,42-/m0/s1. The van der Waals surface area contributed by atoms with Gasteiger partial charge in [-0.25, -0.2) is 15.0 Å². The molecule has 2 aromatic heterocycles. The monoisotopic (exact) mass is 932 g/mol. The molecule has 0 spiro atoms. The van der Waals surface area contributed by atoms with Crippen molar-refractivity contribution >= 4 is 69.5 Å². The SMILES string of the molecule is O=C1CC[C@H](N2C(=O)c3ccc(N4CC(C(=O)N5CCN(CCC6CCN(c7ccc(Nc8ncnc9c8ncn9C8CC(NC(=O)Cc9ccccc9)C8)cc7)CC6)CC5)C4)cc3C2=O)C(=O)N1. The van der Waals surface area contributed by atoms with Gasteiger partial charge in [0.15, 0.2) is 17.0 Å². The summed E-state index contributed by atoms with van der Waals surface area (Å²) in [5, 5.41) is 8.86. The number of piperazine rings is 1. The number of imidazole rings is 1. The Morgan fingerprint density at radius 1 is 0.754 bits per heavy atom. The molecule has 356 valence electrons. The highest BCUT2D eigenvalue weighted by atomic mass is 16.2. The van der Waals surface area contributed by atoms with Crippen LogP contribution in [0.5, 0.6) is 0 Å². The summed E-state index contributed by atoms with van der Waals surface area (Å²) in [7, 11) is 0. The topological polar surface area (TPSA) is 198 Å². The Morgan fingerprint density at radius 2 is 1.49 bits per heavy atom. The van der Waals surface area contributed by atoms with Crippen molar-refractivity contribution in [1.82, 2.24) is 44.9 Å². The minimum atomic E-state index is -1.00. The predicted octanol–water partition coefficient (Wildman–Crippen LogP) is 3.92. The fourth-order valence-electron chi connectivity index (χ4n) is 10.9. The van der Waals surface area contributed by atoms with E-state index in [0.717, 1.165) is 97.8 Å². The summed E-state index contributed by atoms with van der Waals surface area (Å²) in [6.45, 7) is 7.32. The van der Waals surface area contributed by atoms with E-state index in [-0.39, 0.29) is 53.8 Å². The summed E-state index contributed by atoms with van der Waals surface area (Å²) in [6, 6.07) is 22.8. The third-order valence-electron chi connectivity index (χ3n) is 15.1. The molecule has 0 unspecified atom stereocenters. The molecule has 6 aliphatic rings. The van der Waals surface area contributed by atoms with Crippen LogP contribution in [-0.4, -0.2) is 141 Å². The summed E-state index contributed by atoms with van der Waals surface area (Å²) >= 11 is 0. The Labute approximate surface area is 399 Å². The van der Waals surface area contributed by atoms with Gasteiger partial charge in [0, 0.05) is 87.9 Å². The molecule has 6 amide bonds. The first-order chi connectivity index (χ1) is 33.6. The van der Waals surface area contributed by atoms with Crippen molar-refractivity contribution in [2.24, 2.45) is 11.8 Å². The van der Waals surface area contributed by atoms with E-state index >= 15 is 0 Å². The van der Waals surface area contributed by atoms with Gasteiger partial charge in [0.1, 0.15) is 12.4 Å². The zero-order valence-corrected chi connectivity index (χ0v) is 38.5. The molecule has 69 heavy (non-hydrogen) atoms. The molecule has 7 heterocycles. The zero-order chi connectivity index (χ0) is 47.2. The number of benzene rings is 3. The smallest absolute Gasteiger partial charge is 0.262 e. The highest BCUT2D eigenvalue weighted by Crippen LogP contribution is 2.37. The minimum absolute atomic E-state index is 0.0449. The van der Waals surface area contributed by atoms with Gasteiger partial charge in [-0.2, -0.15) is 0 Å². The number of carbonyl (C=O) groups is 6. The Bertz CT molecular complexity index is 2790. The van der Waals surface area contributed by atoms with Crippen molar-refractivity contribution in [3.63, 3.8) is 0 Å². The lowest BCUT2D eigenvalue weighted by molar-refractivity contribution is -0.138. The van der Waals surface area contributed by atoms with Crippen molar-refractivity contribution < 1.29 is 28.8 Å². The van der Waals surface area contributed by atoms with Crippen molar-refractivity contribution in [2.75, 3.05) is 74.0 Å². The first-order valence-electron chi connectivity index (χ1n) is 24.4. The molecule has 1 saturated carbocycles. The second kappa shape index (κ2) is 18.7. The Morgan fingerprint density at radius 3 is 2.25 bits per heavy atom. The Balaban J connectivity index is 0.589. The third-order valence-corrected chi connectivity index (χ3v) is 15.1. The number of piperidine rings is 2. The van der Waals surface area contributed by atoms with Gasteiger partial charge in [0.25, 0.3) is 11.8 Å². The lowest BCUT2D eigenvalue weighted by atomic mass is 9.86. The van der Waals surface area contributed by atoms with Gasteiger partial charge in [0.05, 0.1) is 29.8 Å². The molecule has 4 saturated heterocycles. The largest absolute Gasteiger partial charge is 0.372 e. The van der Waals surface area contributed by atoms with Gasteiger partial charge >= 0.3 is 0 Å². The molecule has 0 radical (unpaired) electrons. The lowest BCUT2D eigenvalue weighted by Gasteiger charge is -2.44. The fraction of sp³-hybridized carbons (Fsp3) is 0.431. The van der Waals surface area contributed by atoms with Crippen LogP contribution in [0.15, 0.2) is 85.5 Å². The van der Waals surface area contributed by atoms with Crippen LogP contribution in [0.4, 0.5) is 22.9 Å². The normalized spacial score (nSPS) is 22.3. The van der Waals surface area contributed by atoms with Crippen molar-refractivity contribution in [3.8, 4) is 0 Å². The lowest BCUT2D eigenvalue weighted by Crippen LogP contribution is -2.58. The van der Waals surface area contributed by atoms with Crippen LogP contribution < -0.4 is 25.8 Å². The van der Waals surface area contributed by atoms with Gasteiger partial charge in [-0.05, 0) is 99.0 Å². The van der Waals surface area contributed by atoms with E-state index in [1.807, 2.05) is 46.5 Å². The first kappa shape index (κ1) is 44.3. The average Bonchev–Trinajstić information content (AvgIpc) is 3.87. The summed E-state index contributed by atoms with van der Waals surface area (Å²) < 4.78 is 2.10. The van der Waals surface area contributed by atoms with Gasteiger partial charge < -0.3 is 29.9 Å². The molecule has 5 fully saturated rings. The number of amides is 6. The molecular formula is C51H56N12O6. The zero-order valence-electron chi connectivity index (χ0n) is 38.5. The maximum atomic E-state index is 13.5. The van der Waals surface area contributed by atoms with E-state index in [4.69, 9.17) is 4.98 Å². The van der Waals surface area contributed by atoms with Crippen LogP contribution in [0, 0.1) is 11.8 Å². The number of aromatic nitrogens is 4. The molecule has 1 aliphatic carbocycles. The second-order valence-electron chi connectivity index (χ2n) is 19.4. The van der Waals surface area contributed by atoms with Gasteiger partial charge in [-0.15, -0.1) is 0 Å². The summed E-state index contributed by atoms with van der Waals surface area (Å²) in [5.74, 6) is -0.683. The predicted molar refractivity (Wildman–Crippen MR) is 257 cm³/mol. The minimum Gasteiger partial charge on any atom is -0.372 e. The molecule has 3 N–H and O–H groups in total. The molecule has 18 heteroatoms. The van der Waals surface area contributed by atoms with E-state index in [0.29, 0.717) is 44.3 Å². The first-order valence-corrected chi connectivity index (χ1v) is 24.4. The van der Waals surface area contributed by atoms with Gasteiger partial charge in [-0.3, -0.25) is 43.9 Å². The van der Waals surface area contributed by atoms with E-state index in [2.05, 4.69) is 64.6 Å². The highest BCUT2D eigenvalue weighted by molar-refractivity contribution is 6.23. The van der Waals surface area contributed by atoms with Crippen molar-refractivity contribution in [3.05, 3.63) is 102 Å². The van der Waals surface area contributed by atoms with E-state index < -0.39 is 29.7 Å². The summed E-state index contributed by atoms with van der Waals surface area (Å²) in [4.78, 5) is 100. The maximum Gasteiger partial charge on any atom is 0.262 e. The molecule has 5 aromatic rings. The van der Waals surface area contributed by atoms with E-state index in [9.17, 15) is 28.8 Å². The molecule has 11 rings (SSSR count). The summed E-state index contributed by atoms with van der Waals surface area (Å²) in [6.07, 6.45) is 9.08. The van der Waals surface area contributed by atoms with Gasteiger partial charge in [0.2, 0.25) is 23.6 Å². The number of rotatable bonds is 13. The van der Waals surface area contributed by atoms with Crippen LogP contribution >= 0.6 is 0 Å². The number of nitrogens with one attached hydrogen (secondary N) is 3. The number of fused-ring (bicyclic) bond motifs is 2. The fourth-order valence-corrected chi connectivity index (χ4v) is 10.9. The Hall–Kier alpha value is -7.21. The number of imide groups is 2. The second-order valence-corrected chi connectivity index (χ2v) is 19.4. The van der Waals surface area contributed by atoms with E-state index in [1.165, 1.54) is 5.69 Å². The van der Waals surface area contributed by atoms with Crippen molar-refractivity contribution in [2.45, 2.75) is 69.5 Å². The number of hydrogen-bond donors (Lipinski definition) is 3. The molecule has 0 bridgehead atoms. The molecule has 5 aliphatic heterocycles. The Kier molecular flexibility index (Phi) is 12.0. The number of hydrogen-bond acceptors (Lipinski definition) is 13. The highest BCUT2D eigenvalue weighted by Gasteiger charge is 2.45. The molecule has 3 aromatic carbocycles. The van der Waals surface area contributed by atoms with Crippen molar-refractivity contribution in [1.29, 1.82) is 0 Å². The average molecular weight is 933 g/mol. The third kappa shape index (κ3) is 9.00. The maximum absolute atomic E-state index is 13.5. The van der Waals surface area contributed by atoms with Crippen LogP contribution in [0.2, 0.25) is 0 Å². The quantitative estimate of drug-likeness (QED) is 0.144. The van der Waals surface area contributed by atoms with Crippen LogP contribution in [-0.2, 0) is 25.6 Å². The number of carbonyl (C=O) groups excluding carboxylic acids is 6. The number of nitrogens with zero attached hydrogens (tertiary/aromatic N) is 9.